The molecule has 0 unspecified atom stereocenters. The standard InChI is InChI=1S/C14H9Br2FN2/c15-12-5-4-10(17)6-9(12)8-19-14-3-1-2-13(16)11(14)7-18/h1-6,19H,8H2. The molecule has 0 saturated heterocycles. The van der Waals surface area contributed by atoms with Gasteiger partial charge in [0, 0.05) is 15.5 Å². The maximum absolute atomic E-state index is 13.2. The molecule has 0 bridgehead atoms. The van der Waals surface area contributed by atoms with Crippen LogP contribution >= 0.6 is 31.9 Å². The van der Waals surface area contributed by atoms with E-state index in [1.807, 2.05) is 18.2 Å². The first-order chi connectivity index (χ1) is 9.11. The molecule has 96 valence electrons. The third-order valence-corrected chi connectivity index (χ3v) is 4.04. The van der Waals surface area contributed by atoms with Crippen molar-refractivity contribution in [3.05, 3.63) is 62.3 Å². The molecule has 2 aromatic carbocycles. The fraction of sp³-hybridized carbons (Fsp3) is 0.0714. The van der Waals surface area contributed by atoms with Crippen LogP contribution in [0.3, 0.4) is 0 Å². The summed E-state index contributed by atoms with van der Waals surface area (Å²) in [6.07, 6.45) is 0. The van der Waals surface area contributed by atoms with Crippen molar-refractivity contribution in [2.45, 2.75) is 6.54 Å². The average Bonchev–Trinajstić information content (AvgIpc) is 2.40. The molecule has 0 aliphatic rings. The Bertz CT molecular complexity index is 650. The van der Waals surface area contributed by atoms with Crippen LogP contribution in [0.2, 0.25) is 0 Å². The number of nitrogens with one attached hydrogen (secondary N) is 1. The number of anilines is 1. The minimum atomic E-state index is -0.283. The lowest BCUT2D eigenvalue weighted by Gasteiger charge is -2.10. The molecule has 0 aliphatic heterocycles. The van der Waals surface area contributed by atoms with Crippen LogP contribution in [0, 0.1) is 17.1 Å². The van der Waals surface area contributed by atoms with Crippen molar-refractivity contribution >= 4 is 37.5 Å². The second-order valence-corrected chi connectivity index (χ2v) is 5.57. The minimum Gasteiger partial charge on any atom is -0.380 e. The monoisotopic (exact) mass is 382 g/mol. The molecule has 0 aliphatic carbocycles. The first-order valence-corrected chi connectivity index (χ1v) is 7.07. The normalized spacial score (nSPS) is 10.0. The van der Waals surface area contributed by atoms with Gasteiger partial charge < -0.3 is 5.32 Å². The lowest BCUT2D eigenvalue weighted by atomic mass is 10.1. The van der Waals surface area contributed by atoms with Gasteiger partial charge in [0.25, 0.3) is 0 Å². The molecule has 0 aromatic heterocycles. The predicted octanol–water partition coefficient (Wildman–Crippen LogP) is 4.83. The van der Waals surface area contributed by atoms with Crippen LogP contribution in [0.5, 0.6) is 0 Å². The quantitative estimate of drug-likeness (QED) is 0.823. The molecule has 0 heterocycles. The third kappa shape index (κ3) is 3.34. The highest BCUT2D eigenvalue weighted by molar-refractivity contribution is 9.10. The molecule has 2 aromatic rings. The van der Waals surface area contributed by atoms with E-state index >= 15 is 0 Å². The fourth-order valence-electron chi connectivity index (χ4n) is 1.65. The number of hydrogen-bond donors (Lipinski definition) is 1. The van der Waals surface area contributed by atoms with Crippen molar-refractivity contribution in [2.75, 3.05) is 5.32 Å². The first kappa shape index (κ1) is 14.0. The first-order valence-electron chi connectivity index (χ1n) is 5.48. The van der Waals surface area contributed by atoms with E-state index < -0.39 is 0 Å². The topological polar surface area (TPSA) is 35.8 Å². The van der Waals surface area contributed by atoms with Crippen LogP contribution in [0.25, 0.3) is 0 Å². The highest BCUT2D eigenvalue weighted by Crippen LogP contribution is 2.25. The number of nitriles is 1. The van der Waals surface area contributed by atoms with Crippen molar-refractivity contribution in [1.29, 1.82) is 5.26 Å². The van der Waals surface area contributed by atoms with Gasteiger partial charge in [-0.2, -0.15) is 5.26 Å². The number of halogens is 3. The van der Waals surface area contributed by atoms with Crippen LogP contribution in [-0.2, 0) is 6.54 Å². The largest absolute Gasteiger partial charge is 0.380 e. The van der Waals surface area contributed by atoms with Gasteiger partial charge in [0.1, 0.15) is 11.9 Å². The third-order valence-electron chi connectivity index (χ3n) is 2.60. The highest BCUT2D eigenvalue weighted by Gasteiger charge is 2.07. The van der Waals surface area contributed by atoms with Gasteiger partial charge in [-0.15, -0.1) is 0 Å². The molecule has 5 heteroatoms. The van der Waals surface area contributed by atoms with Crippen molar-refractivity contribution in [1.82, 2.24) is 0 Å². The summed E-state index contributed by atoms with van der Waals surface area (Å²) in [6, 6.07) is 12.1. The summed E-state index contributed by atoms with van der Waals surface area (Å²) in [5, 5.41) is 12.2. The van der Waals surface area contributed by atoms with Gasteiger partial charge in [-0.05, 0) is 51.8 Å². The lowest BCUT2D eigenvalue weighted by molar-refractivity contribution is 0.625. The summed E-state index contributed by atoms with van der Waals surface area (Å²) in [5.74, 6) is -0.283. The summed E-state index contributed by atoms with van der Waals surface area (Å²) in [6.45, 7) is 0.434. The van der Waals surface area contributed by atoms with Crippen molar-refractivity contribution in [3.63, 3.8) is 0 Å². The maximum atomic E-state index is 13.2. The Balaban J connectivity index is 2.22. The van der Waals surface area contributed by atoms with E-state index in [-0.39, 0.29) is 5.82 Å². The van der Waals surface area contributed by atoms with E-state index in [0.717, 1.165) is 14.5 Å². The number of hydrogen-bond acceptors (Lipinski definition) is 2. The van der Waals surface area contributed by atoms with E-state index in [4.69, 9.17) is 5.26 Å². The zero-order chi connectivity index (χ0) is 13.8. The molecule has 1 N–H and O–H groups in total. The van der Waals surface area contributed by atoms with Crippen molar-refractivity contribution < 1.29 is 4.39 Å². The number of nitrogens with zero attached hydrogens (tertiary/aromatic N) is 1. The predicted molar refractivity (Wildman–Crippen MR) is 80.3 cm³/mol. The van der Waals surface area contributed by atoms with E-state index in [1.165, 1.54) is 12.1 Å². The molecular weight excluding hydrogens is 375 g/mol. The molecule has 0 radical (unpaired) electrons. The summed E-state index contributed by atoms with van der Waals surface area (Å²) in [4.78, 5) is 0. The Morgan fingerprint density at radius 2 is 1.95 bits per heavy atom. The molecule has 0 atom stereocenters. The van der Waals surface area contributed by atoms with Gasteiger partial charge in [0.15, 0.2) is 0 Å². The van der Waals surface area contributed by atoms with Gasteiger partial charge >= 0.3 is 0 Å². The van der Waals surface area contributed by atoms with Gasteiger partial charge in [0.05, 0.1) is 11.3 Å². The van der Waals surface area contributed by atoms with Gasteiger partial charge in [0.2, 0.25) is 0 Å². The van der Waals surface area contributed by atoms with E-state index in [0.29, 0.717) is 17.8 Å². The van der Waals surface area contributed by atoms with Crippen LogP contribution in [0.4, 0.5) is 10.1 Å². The Morgan fingerprint density at radius 3 is 2.68 bits per heavy atom. The van der Waals surface area contributed by atoms with Crippen LogP contribution in [0.15, 0.2) is 45.3 Å². The molecule has 19 heavy (non-hydrogen) atoms. The Kier molecular flexibility index (Phi) is 4.56. The van der Waals surface area contributed by atoms with E-state index in [1.54, 1.807) is 6.07 Å². The smallest absolute Gasteiger partial charge is 0.123 e. The summed E-state index contributed by atoms with van der Waals surface area (Å²) >= 11 is 6.70. The molecule has 0 amide bonds. The lowest BCUT2D eigenvalue weighted by Crippen LogP contribution is -2.02. The zero-order valence-corrected chi connectivity index (χ0v) is 12.9. The van der Waals surface area contributed by atoms with Crippen LogP contribution in [0.1, 0.15) is 11.1 Å². The summed E-state index contributed by atoms with van der Waals surface area (Å²) in [5.41, 5.74) is 2.05. The summed E-state index contributed by atoms with van der Waals surface area (Å²) < 4.78 is 14.7. The van der Waals surface area contributed by atoms with Gasteiger partial charge in [-0.25, -0.2) is 4.39 Å². The van der Waals surface area contributed by atoms with Gasteiger partial charge in [-0.1, -0.05) is 22.0 Å². The summed E-state index contributed by atoms with van der Waals surface area (Å²) in [7, 11) is 0. The van der Waals surface area contributed by atoms with Gasteiger partial charge in [-0.3, -0.25) is 0 Å². The van der Waals surface area contributed by atoms with Crippen LogP contribution < -0.4 is 5.32 Å². The number of benzene rings is 2. The van der Waals surface area contributed by atoms with E-state index in [2.05, 4.69) is 43.2 Å². The van der Waals surface area contributed by atoms with Crippen molar-refractivity contribution in [3.8, 4) is 6.07 Å². The minimum absolute atomic E-state index is 0.283. The molecule has 0 spiro atoms. The molecule has 0 fully saturated rings. The highest BCUT2D eigenvalue weighted by atomic mass is 79.9. The van der Waals surface area contributed by atoms with E-state index in [9.17, 15) is 4.39 Å². The van der Waals surface area contributed by atoms with Crippen molar-refractivity contribution in [2.24, 2.45) is 0 Å². The number of rotatable bonds is 3. The van der Waals surface area contributed by atoms with Crippen LogP contribution in [-0.4, -0.2) is 0 Å². The Morgan fingerprint density at radius 1 is 1.16 bits per heavy atom. The molecule has 0 saturated carbocycles. The molecule has 2 nitrogen and oxygen atoms in total. The maximum Gasteiger partial charge on any atom is 0.123 e. The zero-order valence-electron chi connectivity index (χ0n) is 9.75. The Hall–Kier alpha value is -1.38. The molecular formula is C14H9Br2FN2. The average molecular weight is 384 g/mol. The Labute approximate surface area is 127 Å². The molecule has 2 rings (SSSR count). The second-order valence-electron chi connectivity index (χ2n) is 3.86. The SMILES string of the molecule is N#Cc1c(Br)cccc1NCc1cc(F)ccc1Br. The fourth-order valence-corrected chi connectivity index (χ4v) is 2.50. The second kappa shape index (κ2) is 6.18.